The molecular weight excluding hydrogens is 526 g/mol. The Morgan fingerprint density at radius 3 is 2.33 bits per heavy atom. The van der Waals surface area contributed by atoms with E-state index in [1.54, 1.807) is 5.32 Å². The second-order valence-electron chi connectivity index (χ2n) is 10.8. The van der Waals surface area contributed by atoms with Gasteiger partial charge in [-0.1, -0.05) is 38.1 Å². The maximum atomic E-state index is 14.1. The topological polar surface area (TPSA) is 74.3 Å². The van der Waals surface area contributed by atoms with E-state index in [9.17, 15) is 35.9 Å². The molecule has 1 aromatic carbocycles. The minimum absolute atomic E-state index is 0.00152. The van der Waals surface area contributed by atoms with Crippen molar-refractivity contribution in [2.75, 3.05) is 12.4 Å². The molecule has 4 atom stereocenters. The molecular formula is C27H30F6N4O2. The minimum atomic E-state index is -5.08. The molecule has 6 nitrogen and oxygen atoms in total. The second-order valence-corrected chi connectivity index (χ2v) is 10.8. The maximum Gasteiger partial charge on any atom is 0.471 e. The first-order valence-electron chi connectivity index (χ1n) is 12.6. The molecule has 2 aliphatic rings. The highest BCUT2D eigenvalue weighted by Gasteiger charge is 2.48. The zero-order chi connectivity index (χ0) is 28.8. The van der Waals surface area contributed by atoms with Crippen molar-refractivity contribution < 1.29 is 35.9 Å². The van der Waals surface area contributed by atoms with Gasteiger partial charge in [-0.3, -0.25) is 14.6 Å². The van der Waals surface area contributed by atoms with Crippen molar-refractivity contribution in [1.29, 1.82) is 0 Å². The van der Waals surface area contributed by atoms with E-state index in [0.717, 1.165) is 13.5 Å². The van der Waals surface area contributed by atoms with Crippen LogP contribution in [0.2, 0.25) is 0 Å². The summed E-state index contributed by atoms with van der Waals surface area (Å²) < 4.78 is 80.0. The number of amides is 2. The number of alkyl halides is 6. The molecule has 4 rings (SSSR count). The molecule has 2 N–H and O–H groups in total. The Morgan fingerprint density at radius 1 is 1.05 bits per heavy atom. The number of halogens is 6. The van der Waals surface area contributed by atoms with Crippen molar-refractivity contribution in [2.45, 2.75) is 75.4 Å². The van der Waals surface area contributed by atoms with Gasteiger partial charge in [0.25, 0.3) is 0 Å². The number of rotatable bonds is 6. The molecule has 212 valence electrons. The Labute approximate surface area is 222 Å². The van der Waals surface area contributed by atoms with E-state index in [1.165, 1.54) is 29.5 Å². The van der Waals surface area contributed by atoms with Crippen LogP contribution in [-0.4, -0.2) is 53.2 Å². The first-order chi connectivity index (χ1) is 18.1. The summed E-state index contributed by atoms with van der Waals surface area (Å²) >= 11 is 0. The SMILES string of the molecule is CN(C(=O)[C@@H]1CC[C@H](NC(=O)C(F)(F)F)C1)C(c1ccc(N[C@H]2Cc3ccccc3C2(C)C)cn1)C(F)(F)F. The van der Waals surface area contributed by atoms with Gasteiger partial charge in [-0.05, 0) is 48.9 Å². The molecule has 2 aromatic rings. The Bertz CT molecular complexity index is 1210. The lowest BCUT2D eigenvalue weighted by atomic mass is 9.83. The Morgan fingerprint density at radius 2 is 1.74 bits per heavy atom. The first kappa shape index (κ1) is 28.7. The van der Waals surface area contributed by atoms with Crippen LogP contribution in [-0.2, 0) is 21.4 Å². The average Bonchev–Trinajstić information content (AvgIpc) is 3.40. The van der Waals surface area contributed by atoms with Gasteiger partial charge in [-0.15, -0.1) is 0 Å². The van der Waals surface area contributed by atoms with E-state index in [0.29, 0.717) is 10.6 Å². The van der Waals surface area contributed by atoms with Crippen molar-refractivity contribution in [3.8, 4) is 0 Å². The summed E-state index contributed by atoms with van der Waals surface area (Å²) in [7, 11) is 1.01. The summed E-state index contributed by atoms with van der Waals surface area (Å²) in [5.74, 6) is -3.95. The van der Waals surface area contributed by atoms with Gasteiger partial charge in [0.2, 0.25) is 5.91 Å². The van der Waals surface area contributed by atoms with Crippen LogP contribution in [0, 0.1) is 5.92 Å². The maximum absolute atomic E-state index is 14.1. The molecule has 2 amide bonds. The van der Waals surface area contributed by atoms with Gasteiger partial charge in [0.15, 0.2) is 6.04 Å². The standard InChI is InChI=1S/C27H30F6N4O2/c1-25(2)19-7-5-4-6-15(19)13-21(25)35-18-10-11-20(34-14-18)22(26(28,29)30)37(3)23(38)16-8-9-17(12-16)36-24(39)27(31,32)33/h4-7,10-11,14,16-17,21-22,35H,8-9,12-13H2,1-3H3,(H,36,39)/t16-,17+,21+,22?/m1/s1. The molecule has 1 aromatic heterocycles. The number of aromatic nitrogens is 1. The number of carbonyl (C=O) groups is 2. The average molecular weight is 557 g/mol. The normalized spacial score (nSPS) is 23.2. The van der Waals surface area contributed by atoms with Crippen molar-refractivity contribution in [2.24, 2.45) is 5.92 Å². The summed E-state index contributed by atoms with van der Waals surface area (Å²) in [6.07, 6.45) is -7.92. The van der Waals surface area contributed by atoms with Gasteiger partial charge in [-0.25, -0.2) is 0 Å². The van der Waals surface area contributed by atoms with Gasteiger partial charge in [0.05, 0.1) is 17.6 Å². The van der Waals surface area contributed by atoms with Gasteiger partial charge >= 0.3 is 18.3 Å². The van der Waals surface area contributed by atoms with Crippen molar-refractivity contribution in [3.05, 3.63) is 59.4 Å². The lowest BCUT2D eigenvalue weighted by Gasteiger charge is -2.32. The molecule has 0 bridgehead atoms. The van der Waals surface area contributed by atoms with E-state index in [2.05, 4.69) is 36.3 Å². The third kappa shape index (κ3) is 5.99. The van der Waals surface area contributed by atoms with Crippen LogP contribution in [0.5, 0.6) is 0 Å². The fourth-order valence-corrected chi connectivity index (χ4v) is 5.68. The Kier molecular flexibility index (Phi) is 7.61. The molecule has 12 heteroatoms. The molecule has 1 fully saturated rings. The second kappa shape index (κ2) is 10.3. The zero-order valence-electron chi connectivity index (χ0n) is 21.7. The number of fused-ring (bicyclic) bond motifs is 1. The largest absolute Gasteiger partial charge is 0.471 e. The summed E-state index contributed by atoms with van der Waals surface area (Å²) in [5, 5.41) is 5.18. The van der Waals surface area contributed by atoms with Crippen LogP contribution in [0.1, 0.15) is 56.0 Å². The number of anilines is 1. The summed E-state index contributed by atoms with van der Waals surface area (Å²) in [4.78, 5) is 28.7. The number of nitrogens with one attached hydrogen (secondary N) is 2. The van der Waals surface area contributed by atoms with E-state index in [4.69, 9.17) is 0 Å². The zero-order valence-corrected chi connectivity index (χ0v) is 21.7. The third-order valence-electron chi connectivity index (χ3n) is 7.83. The van der Waals surface area contributed by atoms with E-state index in [1.807, 2.05) is 12.1 Å². The van der Waals surface area contributed by atoms with Gasteiger partial charge in [0.1, 0.15) is 0 Å². The van der Waals surface area contributed by atoms with Crippen LogP contribution < -0.4 is 10.6 Å². The Balaban J connectivity index is 1.45. The van der Waals surface area contributed by atoms with Crippen LogP contribution >= 0.6 is 0 Å². The molecule has 0 saturated heterocycles. The number of hydrogen-bond acceptors (Lipinski definition) is 4. The van der Waals surface area contributed by atoms with Crippen molar-refractivity contribution >= 4 is 17.5 Å². The van der Waals surface area contributed by atoms with Crippen LogP contribution in [0.3, 0.4) is 0 Å². The van der Waals surface area contributed by atoms with Crippen molar-refractivity contribution in [1.82, 2.24) is 15.2 Å². The van der Waals surface area contributed by atoms with Gasteiger partial charge < -0.3 is 15.5 Å². The van der Waals surface area contributed by atoms with E-state index >= 15 is 0 Å². The molecule has 2 aliphatic carbocycles. The third-order valence-corrected chi connectivity index (χ3v) is 7.83. The van der Waals surface area contributed by atoms with Gasteiger partial charge in [-0.2, -0.15) is 26.3 Å². The lowest BCUT2D eigenvalue weighted by Crippen LogP contribution is -2.44. The molecule has 1 heterocycles. The number of carbonyl (C=O) groups excluding carboxylic acids is 2. The molecule has 0 aliphatic heterocycles. The first-order valence-corrected chi connectivity index (χ1v) is 12.6. The predicted octanol–water partition coefficient (Wildman–Crippen LogP) is 5.31. The molecule has 39 heavy (non-hydrogen) atoms. The fraction of sp³-hybridized carbons (Fsp3) is 0.519. The number of pyridine rings is 1. The predicted molar refractivity (Wildman–Crippen MR) is 132 cm³/mol. The molecule has 0 spiro atoms. The van der Waals surface area contributed by atoms with E-state index in [-0.39, 0.29) is 36.4 Å². The Hall–Kier alpha value is -3.31. The fourth-order valence-electron chi connectivity index (χ4n) is 5.68. The van der Waals surface area contributed by atoms with Gasteiger partial charge in [0, 0.05) is 30.5 Å². The highest BCUT2D eigenvalue weighted by molar-refractivity contribution is 5.83. The summed E-state index contributed by atoms with van der Waals surface area (Å²) in [6.45, 7) is 4.20. The molecule has 0 radical (unpaired) electrons. The highest BCUT2D eigenvalue weighted by atomic mass is 19.4. The van der Waals surface area contributed by atoms with Crippen LogP contribution in [0.25, 0.3) is 0 Å². The summed E-state index contributed by atoms with van der Waals surface area (Å²) in [6, 6.07) is 7.49. The minimum Gasteiger partial charge on any atom is -0.380 e. The number of hydrogen-bond donors (Lipinski definition) is 2. The molecule has 1 saturated carbocycles. The van der Waals surface area contributed by atoms with Crippen molar-refractivity contribution in [3.63, 3.8) is 0 Å². The molecule has 1 unspecified atom stereocenters. The monoisotopic (exact) mass is 556 g/mol. The quantitative estimate of drug-likeness (QED) is 0.474. The van der Waals surface area contributed by atoms with Crippen LogP contribution in [0.4, 0.5) is 32.0 Å². The van der Waals surface area contributed by atoms with Crippen LogP contribution in [0.15, 0.2) is 42.6 Å². The highest BCUT2D eigenvalue weighted by Crippen LogP contribution is 2.41. The number of nitrogens with zero attached hydrogens (tertiary/aromatic N) is 2. The van der Waals surface area contributed by atoms with E-state index < -0.39 is 42.2 Å². The lowest BCUT2D eigenvalue weighted by molar-refractivity contribution is -0.191. The smallest absolute Gasteiger partial charge is 0.380 e. The summed E-state index contributed by atoms with van der Waals surface area (Å²) in [5.41, 5.74) is 2.36. The number of benzene rings is 1.